The average Bonchev–Trinajstić information content (AvgIpc) is 2.84. The standard InChI is InChI=1S/C15H13BrN2O3/c16-14-8-7-13(21-14)15(19)18-9-3-5-11(17-20)10-4-1-2-6-12(10)18/h1-2,4,6-8,20H,3,5,9H2/b17-11-. The first-order chi connectivity index (χ1) is 10.2. The van der Waals surface area contributed by atoms with Crippen LogP contribution < -0.4 is 4.90 Å². The first-order valence-electron chi connectivity index (χ1n) is 6.58. The summed E-state index contributed by atoms with van der Waals surface area (Å²) in [7, 11) is 0. The first kappa shape index (κ1) is 13.9. The van der Waals surface area contributed by atoms with Gasteiger partial charge in [0.25, 0.3) is 5.91 Å². The molecule has 2 aromatic rings. The summed E-state index contributed by atoms with van der Waals surface area (Å²) in [6.07, 6.45) is 1.35. The Hall–Kier alpha value is -2.08. The van der Waals surface area contributed by atoms with Crippen molar-refractivity contribution in [1.82, 2.24) is 0 Å². The molecule has 0 atom stereocenters. The number of hydrogen-bond acceptors (Lipinski definition) is 4. The lowest BCUT2D eigenvalue weighted by Gasteiger charge is -2.21. The molecule has 5 nitrogen and oxygen atoms in total. The van der Waals surface area contributed by atoms with Gasteiger partial charge in [0, 0.05) is 12.1 Å². The Morgan fingerprint density at radius 3 is 2.81 bits per heavy atom. The maximum Gasteiger partial charge on any atom is 0.294 e. The van der Waals surface area contributed by atoms with E-state index in [1.54, 1.807) is 17.0 Å². The summed E-state index contributed by atoms with van der Waals surface area (Å²) < 4.78 is 5.87. The summed E-state index contributed by atoms with van der Waals surface area (Å²) in [6.45, 7) is 0.549. The predicted molar refractivity (Wildman–Crippen MR) is 82.1 cm³/mol. The van der Waals surface area contributed by atoms with Crippen molar-refractivity contribution in [2.45, 2.75) is 12.8 Å². The minimum Gasteiger partial charge on any atom is -0.444 e. The fraction of sp³-hybridized carbons (Fsp3) is 0.200. The molecule has 1 aliphatic heterocycles. The highest BCUT2D eigenvalue weighted by Gasteiger charge is 2.26. The number of oxime groups is 1. The van der Waals surface area contributed by atoms with Crippen LogP contribution in [0.4, 0.5) is 5.69 Å². The maximum absolute atomic E-state index is 12.6. The third kappa shape index (κ3) is 2.58. The normalized spacial score (nSPS) is 16.6. The lowest BCUT2D eigenvalue weighted by Crippen LogP contribution is -2.31. The number of halogens is 1. The van der Waals surface area contributed by atoms with Gasteiger partial charge in [0.15, 0.2) is 10.4 Å². The van der Waals surface area contributed by atoms with E-state index in [4.69, 9.17) is 9.62 Å². The number of nitrogens with zero attached hydrogens (tertiary/aromatic N) is 2. The Morgan fingerprint density at radius 2 is 2.10 bits per heavy atom. The van der Waals surface area contributed by atoms with Gasteiger partial charge in [0.2, 0.25) is 0 Å². The number of carbonyl (C=O) groups excluding carboxylic acids is 1. The molecule has 0 fully saturated rings. The van der Waals surface area contributed by atoms with Gasteiger partial charge in [0.1, 0.15) is 0 Å². The highest BCUT2D eigenvalue weighted by Crippen LogP contribution is 2.28. The first-order valence-corrected chi connectivity index (χ1v) is 7.37. The SMILES string of the molecule is O=C(c1ccc(Br)o1)N1CCC/C(=N/O)c2ccccc21. The van der Waals surface area contributed by atoms with Gasteiger partial charge >= 0.3 is 0 Å². The van der Waals surface area contributed by atoms with Crippen molar-refractivity contribution in [3.05, 3.63) is 52.4 Å². The molecule has 2 heterocycles. The Kier molecular flexibility index (Phi) is 3.79. The van der Waals surface area contributed by atoms with E-state index in [0.717, 1.165) is 17.7 Å². The number of hydrogen-bond donors (Lipinski definition) is 1. The van der Waals surface area contributed by atoms with Crippen LogP contribution in [0.5, 0.6) is 0 Å². The molecule has 0 saturated carbocycles. The van der Waals surface area contributed by atoms with Gasteiger partial charge in [-0.05, 0) is 47.0 Å². The largest absolute Gasteiger partial charge is 0.444 e. The second kappa shape index (κ2) is 5.73. The number of para-hydroxylation sites is 1. The molecule has 0 saturated heterocycles. The molecule has 0 unspecified atom stereocenters. The van der Waals surface area contributed by atoms with E-state index < -0.39 is 0 Å². The van der Waals surface area contributed by atoms with Gasteiger partial charge in [-0.3, -0.25) is 4.79 Å². The topological polar surface area (TPSA) is 66.0 Å². The Balaban J connectivity index is 2.04. The highest BCUT2D eigenvalue weighted by molar-refractivity contribution is 9.10. The number of benzene rings is 1. The Labute approximate surface area is 130 Å². The van der Waals surface area contributed by atoms with E-state index in [2.05, 4.69) is 21.1 Å². The zero-order valence-corrected chi connectivity index (χ0v) is 12.7. The zero-order valence-electron chi connectivity index (χ0n) is 11.1. The summed E-state index contributed by atoms with van der Waals surface area (Å²) in [5.41, 5.74) is 2.11. The van der Waals surface area contributed by atoms with E-state index in [1.165, 1.54) is 0 Å². The second-order valence-electron chi connectivity index (χ2n) is 4.73. The van der Waals surface area contributed by atoms with Gasteiger partial charge in [-0.2, -0.15) is 0 Å². The van der Waals surface area contributed by atoms with Crippen LogP contribution in [-0.2, 0) is 0 Å². The average molecular weight is 349 g/mol. The van der Waals surface area contributed by atoms with E-state index in [0.29, 0.717) is 23.3 Å². The van der Waals surface area contributed by atoms with Crippen LogP contribution in [0.25, 0.3) is 0 Å². The number of carbonyl (C=O) groups is 1. The van der Waals surface area contributed by atoms with Crippen molar-refractivity contribution < 1.29 is 14.4 Å². The highest BCUT2D eigenvalue weighted by atomic mass is 79.9. The molecule has 0 bridgehead atoms. The molecule has 0 aliphatic carbocycles. The number of amides is 1. The zero-order chi connectivity index (χ0) is 14.8. The molecule has 1 aromatic heterocycles. The van der Waals surface area contributed by atoms with Crippen LogP contribution in [0.2, 0.25) is 0 Å². The van der Waals surface area contributed by atoms with E-state index in [9.17, 15) is 4.79 Å². The Morgan fingerprint density at radius 1 is 1.29 bits per heavy atom. The van der Waals surface area contributed by atoms with Gasteiger partial charge in [0.05, 0.1) is 11.4 Å². The van der Waals surface area contributed by atoms with Crippen molar-refractivity contribution in [3.63, 3.8) is 0 Å². The molecular formula is C15H13BrN2O3. The molecule has 21 heavy (non-hydrogen) atoms. The molecule has 3 rings (SSSR count). The van der Waals surface area contributed by atoms with Crippen molar-refractivity contribution >= 4 is 33.2 Å². The van der Waals surface area contributed by atoms with E-state index in [1.807, 2.05) is 24.3 Å². The molecule has 0 radical (unpaired) electrons. The van der Waals surface area contributed by atoms with Crippen molar-refractivity contribution in [2.24, 2.45) is 5.16 Å². The monoisotopic (exact) mass is 348 g/mol. The van der Waals surface area contributed by atoms with Crippen LogP contribution in [0, 0.1) is 0 Å². The summed E-state index contributed by atoms with van der Waals surface area (Å²) in [6, 6.07) is 10.8. The van der Waals surface area contributed by atoms with Crippen molar-refractivity contribution in [3.8, 4) is 0 Å². The molecular weight excluding hydrogens is 336 g/mol. The minimum absolute atomic E-state index is 0.202. The van der Waals surface area contributed by atoms with Crippen molar-refractivity contribution in [1.29, 1.82) is 0 Å². The van der Waals surface area contributed by atoms with Gasteiger partial charge in [-0.25, -0.2) is 0 Å². The number of anilines is 1. The summed E-state index contributed by atoms with van der Waals surface area (Å²) in [5, 5.41) is 12.5. The van der Waals surface area contributed by atoms with Crippen LogP contribution in [-0.4, -0.2) is 23.4 Å². The number of fused-ring (bicyclic) bond motifs is 1. The van der Waals surface area contributed by atoms with Crippen LogP contribution in [0.15, 0.2) is 50.6 Å². The molecule has 1 aliphatic rings. The smallest absolute Gasteiger partial charge is 0.294 e. The van der Waals surface area contributed by atoms with Crippen LogP contribution >= 0.6 is 15.9 Å². The molecule has 1 aromatic carbocycles. The van der Waals surface area contributed by atoms with Gasteiger partial charge < -0.3 is 14.5 Å². The lowest BCUT2D eigenvalue weighted by molar-refractivity contribution is 0.0959. The molecule has 1 N–H and O–H groups in total. The Bertz CT molecular complexity index is 708. The lowest BCUT2D eigenvalue weighted by atomic mass is 10.1. The number of furan rings is 1. The third-order valence-electron chi connectivity index (χ3n) is 3.45. The third-order valence-corrected chi connectivity index (χ3v) is 3.88. The van der Waals surface area contributed by atoms with Crippen molar-refractivity contribution in [2.75, 3.05) is 11.4 Å². The number of rotatable bonds is 1. The molecule has 108 valence electrons. The van der Waals surface area contributed by atoms with Gasteiger partial charge in [-0.1, -0.05) is 23.4 Å². The van der Waals surface area contributed by atoms with E-state index >= 15 is 0 Å². The molecule has 0 spiro atoms. The minimum atomic E-state index is -0.202. The fourth-order valence-corrected chi connectivity index (χ4v) is 2.80. The summed E-state index contributed by atoms with van der Waals surface area (Å²) in [5.74, 6) is 0.0772. The van der Waals surface area contributed by atoms with Crippen LogP contribution in [0.3, 0.4) is 0 Å². The van der Waals surface area contributed by atoms with Crippen LogP contribution in [0.1, 0.15) is 29.0 Å². The fourth-order valence-electron chi connectivity index (χ4n) is 2.49. The van der Waals surface area contributed by atoms with Gasteiger partial charge in [-0.15, -0.1) is 0 Å². The molecule has 6 heteroatoms. The maximum atomic E-state index is 12.6. The molecule has 1 amide bonds. The summed E-state index contributed by atoms with van der Waals surface area (Å²) in [4.78, 5) is 14.3. The summed E-state index contributed by atoms with van der Waals surface area (Å²) >= 11 is 3.20. The second-order valence-corrected chi connectivity index (χ2v) is 5.51. The quantitative estimate of drug-likeness (QED) is 0.631. The van der Waals surface area contributed by atoms with E-state index in [-0.39, 0.29) is 11.7 Å². The predicted octanol–water partition coefficient (Wildman–Crippen LogP) is 3.66.